The third kappa shape index (κ3) is 4.17. The molecule has 32 heavy (non-hydrogen) atoms. The van der Waals surface area contributed by atoms with Gasteiger partial charge >= 0.3 is 13.2 Å². The molecule has 160 valence electrons. The quantitative estimate of drug-likeness (QED) is 0.240. The number of carbonyl (C=O) groups is 1. The average molecular weight is 428 g/mol. The Labute approximate surface area is 185 Å². The maximum Gasteiger partial charge on any atom is 0.488 e. The SMILES string of the molecule is Cc1c(CNC(=O)OCC2c3ccccc3-c3ccccc32)cc(N=[N+]=[N-])cc1B(O)O. The van der Waals surface area contributed by atoms with E-state index in [0.717, 1.165) is 22.3 Å². The molecule has 3 N–H and O–H groups in total. The highest BCUT2D eigenvalue weighted by Crippen LogP contribution is 2.44. The molecule has 0 saturated carbocycles. The summed E-state index contributed by atoms with van der Waals surface area (Å²) in [4.78, 5) is 15.2. The van der Waals surface area contributed by atoms with Gasteiger partial charge in [0.05, 0.1) is 0 Å². The first kappa shape index (κ1) is 21.5. The van der Waals surface area contributed by atoms with Crippen molar-refractivity contribution < 1.29 is 19.6 Å². The Morgan fingerprint density at radius 2 is 1.75 bits per heavy atom. The molecule has 0 fully saturated rings. The van der Waals surface area contributed by atoms with Crippen LogP contribution in [0.5, 0.6) is 0 Å². The Morgan fingerprint density at radius 3 is 2.34 bits per heavy atom. The maximum atomic E-state index is 12.4. The number of carbonyl (C=O) groups excluding carboxylic acids is 1. The molecule has 1 aliphatic rings. The minimum Gasteiger partial charge on any atom is -0.449 e. The van der Waals surface area contributed by atoms with E-state index in [1.807, 2.05) is 36.4 Å². The highest BCUT2D eigenvalue weighted by molar-refractivity contribution is 6.59. The van der Waals surface area contributed by atoms with Gasteiger partial charge in [0.25, 0.3) is 0 Å². The molecule has 0 bridgehead atoms. The van der Waals surface area contributed by atoms with Crippen molar-refractivity contribution in [1.82, 2.24) is 5.32 Å². The van der Waals surface area contributed by atoms with Gasteiger partial charge in [-0.3, -0.25) is 0 Å². The van der Waals surface area contributed by atoms with Crippen molar-refractivity contribution in [3.63, 3.8) is 0 Å². The lowest BCUT2D eigenvalue weighted by Gasteiger charge is -2.16. The topological polar surface area (TPSA) is 128 Å². The Kier molecular flexibility index (Phi) is 6.14. The van der Waals surface area contributed by atoms with Crippen molar-refractivity contribution >= 4 is 24.4 Å². The molecule has 1 amide bonds. The lowest BCUT2D eigenvalue weighted by Crippen LogP contribution is -2.34. The number of alkyl carbamates (subject to hydrolysis) is 1. The Balaban J connectivity index is 1.45. The molecule has 0 aromatic heterocycles. The second kappa shape index (κ2) is 9.15. The van der Waals surface area contributed by atoms with Crippen LogP contribution in [-0.2, 0) is 11.3 Å². The second-order valence-electron chi connectivity index (χ2n) is 7.56. The van der Waals surface area contributed by atoms with Crippen LogP contribution in [0.4, 0.5) is 10.5 Å². The van der Waals surface area contributed by atoms with E-state index in [1.54, 1.807) is 13.0 Å². The smallest absolute Gasteiger partial charge is 0.449 e. The summed E-state index contributed by atoms with van der Waals surface area (Å²) in [6, 6.07) is 19.2. The van der Waals surface area contributed by atoms with Gasteiger partial charge in [-0.25, -0.2) is 4.79 Å². The summed E-state index contributed by atoms with van der Waals surface area (Å²) in [7, 11) is -1.72. The molecule has 3 aromatic rings. The van der Waals surface area contributed by atoms with Crippen molar-refractivity contribution in [1.29, 1.82) is 0 Å². The number of azide groups is 1. The first-order chi connectivity index (χ1) is 15.5. The summed E-state index contributed by atoms with van der Waals surface area (Å²) in [5.41, 5.74) is 14.8. The zero-order valence-electron chi connectivity index (χ0n) is 17.4. The number of fused-ring (bicyclic) bond motifs is 3. The fraction of sp³-hybridized carbons (Fsp3) is 0.174. The number of hydrogen-bond donors (Lipinski definition) is 3. The average Bonchev–Trinajstić information content (AvgIpc) is 3.11. The molecule has 0 atom stereocenters. The molecule has 1 aliphatic carbocycles. The predicted octanol–water partition coefficient (Wildman–Crippen LogP) is 3.66. The molecule has 0 heterocycles. The van der Waals surface area contributed by atoms with E-state index < -0.39 is 13.2 Å². The van der Waals surface area contributed by atoms with Crippen molar-refractivity contribution in [2.24, 2.45) is 5.11 Å². The Hall–Kier alpha value is -3.78. The van der Waals surface area contributed by atoms with Crippen molar-refractivity contribution in [2.45, 2.75) is 19.4 Å². The van der Waals surface area contributed by atoms with Crippen molar-refractivity contribution in [2.75, 3.05) is 6.61 Å². The molecule has 9 heteroatoms. The standard InChI is InChI=1S/C23H21BN4O4/c1-14-15(10-16(27-28-25)11-22(14)24(30)31)12-26-23(29)32-13-21-19-8-4-2-6-17(19)18-7-3-5-9-20(18)21/h2-11,21,30-31H,12-13H2,1H3,(H,26,29). The molecule has 0 radical (unpaired) electrons. The van der Waals surface area contributed by atoms with Gasteiger partial charge in [-0.05, 0) is 57.4 Å². The van der Waals surface area contributed by atoms with Crippen LogP contribution in [0, 0.1) is 6.92 Å². The Morgan fingerprint density at radius 1 is 1.12 bits per heavy atom. The van der Waals surface area contributed by atoms with Crippen LogP contribution in [0.3, 0.4) is 0 Å². The molecular weight excluding hydrogens is 407 g/mol. The molecule has 0 aliphatic heterocycles. The van der Waals surface area contributed by atoms with Crippen LogP contribution in [0.1, 0.15) is 28.2 Å². The monoisotopic (exact) mass is 428 g/mol. The summed E-state index contributed by atoms with van der Waals surface area (Å²) >= 11 is 0. The van der Waals surface area contributed by atoms with Gasteiger partial charge in [0, 0.05) is 23.1 Å². The van der Waals surface area contributed by atoms with Gasteiger partial charge in [0.15, 0.2) is 0 Å². The first-order valence-electron chi connectivity index (χ1n) is 10.1. The number of hydrogen-bond acceptors (Lipinski definition) is 5. The van der Waals surface area contributed by atoms with Gasteiger partial charge in [-0.1, -0.05) is 59.7 Å². The largest absolute Gasteiger partial charge is 0.488 e. The van der Waals surface area contributed by atoms with E-state index in [0.29, 0.717) is 11.1 Å². The van der Waals surface area contributed by atoms with Gasteiger partial charge in [-0.15, -0.1) is 0 Å². The van der Waals surface area contributed by atoms with Crippen LogP contribution >= 0.6 is 0 Å². The minimum absolute atomic E-state index is 0.0423. The number of nitrogens with one attached hydrogen (secondary N) is 1. The lowest BCUT2D eigenvalue weighted by atomic mass is 9.75. The summed E-state index contributed by atoms with van der Waals surface area (Å²) in [5, 5.41) is 25.4. The van der Waals surface area contributed by atoms with Crippen LogP contribution in [-0.4, -0.2) is 29.9 Å². The molecule has 4 rings (SSSR count). The van der Waals surface area contributed by atoms with E-state index in [4.69, 9.17) is 10.3 Å². The van der Waals surface area contributed by atoms with Crippen molar-refractivity contribution in [3.05, 3.63) is 93.4 Å². The molecule has 0 spiro atoms. The minimum atomic E-state index is -1.72. The molecular formula is C23H21BN4O4. The fourth-order valence-corrected chi connectivity index (χ4v) is 4.16. The summed E-state index contributed by atoms with van der Waals surface area (Å²) in [6.07, 6.45) is -0.591. The summed E-state index contributed by atoms with van der Waals surface area (Å²) in [6.45, 7) is 1.97. The number of rotatable bonds is 6. The first-order valence-corrected chi connectivity index (χ1v) is 10.1. The molecule has 8 nitrogen and oxygen atoms in total. The maximum absolute atomic E-state index is 12.4. The van der Waals surface area contributed by atoms with Gasteiger partial charge in [-0.2, -0.15) is 0 Å². The van der Waals surface area contributed by atoms with E-state index in [2.05, 4.69) is 27.5 Å². The predicted molar refractivity (Wildman–Crippen MR) is 122 cm³/mol. The zero-order valence-corrected chi connectivity index (χ0v) is 17.4. The molecule has 3 aromatic carbocycles. The summed E-state index contributed by atoms with van der Waals surface area (Å²) < 4.78 is 5.53. The third-order valence-corrected chi connectivity index (χ3v) is 5.75. The number of benzene rings is 3. The van der Waals surface area contributed by atoms with Crippen LogP contribution in [0.2, 0.25) is 0 Å². The van der Waals surface area contributed by atoms with Crippen LogP contribution in [0.15, 0.2) is 65.8 Å². The van der Waals surface area contributed by atoms with E-state index in [-0.39, 0.29) is 30.2 Å². The number of nitrogens with zero attached hydrogens (tertiary/aromatic N) is 3. The highest BCUT2D eigenvalue weighted by Gasteiger charge is 2.29. The van der Waals surface area contributed by atoms with Gasteiger partial charge < -0.3 is 20.1 Å². The molecule has 0 saturated heterocycles. The third-order valence-electron chi connectivity index (χ3n) is 5.75. The highest BCUT2D eigenvalue weighted by atomic mass is 16.5. The second-order valence-corrected chi connectivity index (χ2v) is 7.56. The molecule has 0 unspecified atom stereocenters. The Bertz CT molecular complexity index is 1180. The van der Waals surface area contributed by atoms with Gasteiger partial charge in [0.2, 0.25) is 0 Å². The fourth-order valence-electron chi connectivity index (χ4n) is 4.16. The van der Waals surface area contributed by atoms with E-state index in [1.165, 1.54) is 6.07 Å². The van der Waals surface area contributed by atoms with Gasteiger partial charge in [0.1, 0.15) is 6.61 Å². The number of ether oxygens (including phenoxy) is 1. The number of amides is 1. The summed E-state index contributed by atoms with van der Waals surface area (Å²) in [5.74, 6) is -0.0423. The lowest BCUT2D eigenvalue weighted by molar-refractivity contribution is 0.142. The zero-order chi connectivity index (χ0) is 22.7. The van der Waals surface area contributed by atoms with E-state index in [9.17, 15) is 14.8 Å². The van der Waals surface area contributed by atoms with Crippen molar-refractivity contribution in [3.8, 4) is 11.1 Å². The normalized spacial score (nSPS) is 11.8. The van der Waals surface area contributed by atoms with E-state index >= 15 is 0 Å². The van der Waals surface area contributed by atoms with Crippen LogP contribution < -0.4 is 10.8 Å². The van der Waals surface area contributed by atoms with Crippen LogP contribution in [0.25, 0.3) is 21.6 Å².